The Morgan fingerprint density at radius 3 is 2.36 bits per heavy atom. The van der Waals surface area contributed by atoms with Gasteiger partial charge in [0, 0.05) is 0 Å². The average Bonchev–Trinajstić information content (AvgIpc) is 3.10. The van der Waals surface area contributed by atoms with E-state index in [1.54, 1.807) is 27.7 Å². The molecule has 0 saturated carbocycles. The van der Waals surface area contributed by atoms with Crippen molar-refractivity contribution in [2.75, 3.05) is 0 Å². The molecule has 3 aromatic rings. The largest absolute Gasteiger partial charge is 0.489 e. The molecule has 0 radical (unpaired) electrons. The topological polar surface area (TPSA) is 112 Å². The second-order valence-electron chi connectivity index (χ2n) is 7.87. The predicted octanol–water partition coefficient (Wildman–Crippen LogP) is 4.40. The highest BCUT2D eigenvalue weighted by Crippen LogP contribution is 2.24. The molecule has 2 aromatic carbocycles. The van der Waals surface area contributed by atoms with Gasteiger partial charge in [0.05, 0.1) is 10.6 Å². The van der Waals surface area contributed by atoms with Gasteiger partial charge in [0.15, 0.2) is 0 Å². The summed E-state index contributed by atoms with van der Waals surface area (Å²) in [5.41, 5.74) is 6.75. The molecule has 1 heterocycles. The first kappa shape index (κ1) is 23.6. The van der Waals surface area contributed by atoms with Crippen molar-refractivity contribution in [2.45, 2.75) is 47.3 Å². The third kappa shape index (κ3) is 5.62. The van der Waals surface area contributed by atoms with Crippen LogP contribution in [0.3, 0.4) is 0 Å². The number of benzene rings is 2. The normalized spacial score (nSPS) is 12.3. The van der Waals surface area contributed by atoms with Gasteiger partial charge in [-0.2, -0.15) is 10.2 Å². The lowest BCUT2D eigenvalue weighted by molar-refractivity contribution is -0.386. The van der Waals surface area contributed by atoms with Crippen LogP contribution in [0.5, 0.6) is 5.75 Å². The number of carbonyl (C=O) groups is 1. The third-order valence-electron chi connectivity index (χ3n) is 5.35. The van der Waals surface area contributed by atoms with E-state index in [-0.39, 0.29) is 11.4 Å². The fourth-order valence-electron chi connectivity index (χ4n) is 3.35. The van der Waals surface area contributed by atoms with E-state index >= 15 is 0 Å². The molecule has 33 heavy (non-hydrogen) atoms. The molecule has 9 nitrogen and oxygen atoms in total. The minimum Gasteiger partial charge on any atom is -0.489 e. The van der Waals surface area contributed by atoms with Crippen molar-refractivity contribution in [1.82, 2.24) is 15.2 Å². The number of hydrogen-bond acceptors (Lipinski definition) is 6. The standard InChI is InChI=1S/C24H27N5O4/c1-15-6-8-20(9-7-15)14-33-22-12-10-21(11-13-22)16(2)25-26-24(30)19(5)28-18(4)23(29(31)32)17(3)27-28/h6-13,19H,14H2,1-5H3,(H,26,30)/b25-16+. The van der Waals surface area contributed by atoms with Crippen molar-refractivity contribution in [3.63, 3.8) is 0 Å². The monoisotopic (exact) mass is 449 g/mol. The van der Waals surface area contributed by atoms with E-state index in [2.05, 4.69) is 15.6 Å². The lowest BCUT2D eigenvalue weighted by atomic mass is 10.1. The molecule has 0 aliphatic carbocycles. The first-order valence-electron chi connectivity index (χ1n) is 10.5. The number of aromatic nitrogens is 2. The van der Waals surface area contributed by atoms with Crippen molar-refractivity contribution in [3.05, 3.63) is 86.7 Å². The van der Waals surface area contributed by atoms with Crippen molar-refractivity contribution in [2.24, 2.45) is 5.10 Å². The van der Waals surface area contributed by atoms with E-state index < -0.39 is 16.9 Å². The zero-order chi connectivity index (χ0) is 24.1. The Bertz CT molecular complexity index is 1180. The number of carbonyl (C=O) groups excluding carboxylic acids is 1. The molecule has 1 unspecified atom stereocenters. The minimum atomic E-state index is -0.758. The van der Waals surface area contributed by atoms with Gasteiger partial charge in [0.1, 0.15) is 29.8 Å². The van der Waals surface area contributed by atoms with Crippen LogP contribution < -0.4 is 10.2 Å². The summed E-state index contributed by atoms with van der Waals surface area (Å²) in [6.45, 7) is 9.03. The number of amides is 1. The number of hydrogen-bond donors (Lipinski definition) is 1. The average molecular weight is 450 g/mol. The lowest BCUT2D eigenvalue weighted by Crippen LogP contribution is -2.29. The van der Waals surface area contributed by atoms with Crippen molar-refractivity contribution in [1.29, 1.82) is 0 Å². The molecule has 0 aliphatic heterocycles. The van der Waals surface area contributed by atoms with Crippen LogP contribution in [0.4, 0.5) is 5.69 Å². The molecule has 0 saturated heterocycles. The van der Waals surface area contributed by atoms with Gasteiger partial charge >= 0.3 is 5.69 Å². The van der Waals surface area contributed by atoms with Gasteiger partial charge < -0.3 is 4.74 Å². The summed E-state index contributed by atoms with van der Waals surface area (Å²) in [4.78, 5) is 23.2. The van der Waals surface area contributed by atoms with Crippen LogP contribution in [-0.4, -0.2) is 26.3 Å². The molecule has 1 N–H and O–H groups in total. The molecule has 3 rings (SSSR count). The van der Waals surface area contributed by atoms with Crippen LogP contribution in [0.2, 0.25) is 0 Å². The highest BCUT2D eigenvalue weighted by atomic mass is 16.6. The van der Waals surface area contributed by atoms with E-state index in [4.69, 9.17) is 4.74 Å². The van der Waals surface area contributed by atoms with E-state index in [1.165, 1.54) is 10.2 Å². The maximum Gasteiger partial charge on any atom is 0.312 e. The van der Waals surface area contributed by atoms with Gasteiger partial charge in [-0.05, 0) is 70.0 Å². The maximum atomic E-state index is 12.5. The second-order valence-corrected chi connectivity index (χ2v) is 7.87. The Balaban J connectivity index is 1.61. The number of nitrogens with zero attached hydrogens (tertiary/aromatic N) is 4. The molecule has 1 amide bonds. The van der Waals surface area contributed by atoms with Gasteiger partial charge in [0.25, 0.3) is 5.91 Å². The molecule has 172 valence electrons. The van der Waals surface area contributed by atoms with Gasteiger partial charge in [-0.1, -0.05) is 29.8 Å². The Morgan fingerprint density at radius 2 is 1.79 bits per heavy atom. The number of nitrogens with one attached hydrogen (secondary N) is 1. The van der Waals surface area contributed by atoms with Crippen molar-refractivity contribution < 1.29 is 14.5 Å². The summed E-state index contributed by atoms with van der Waals surface area (Å²) in [6, 6.07) is 14.8. The quantitative estimate of drug-likeness (QED) is 0.311. The van der Waals surface area contributed by atoms with Crippen LogP contribution in [0.15, 0.2) is 53.6 Å². The van der Waals surface area contributed by atoms with Crippen LogP contribution in [-0.2, 0) is 11.4 Å². The number of nitro groups is 1. The molecular formula is C24H27N5O4. The van der Waals surface area contributed by atoms with Gasteiger partial charge in [-0.3, -0.25) is 19.6 Å². The Hall–Kier alpha value is -4.01. The molecule has 1 aromatic heterocycles. The van der Waals surface area contributed by atoms with E-state index in [9.17, 15) is 14.9 Å². The first-order chi connectivity index (χ1) is 15.7. The van der Waals surface area contributed by atoms with Crippen molar-refractivity contribution in [3.8, 4) is 5.75 Å². The summed E-state index contributed by atoms with van der Waals surface area (Å²) >= 11 is 0. The van der Waals surface area contributed by atoms with Crippen LogP contribution in [0.1, 0.15) is 48.0 Å². The van der Waals surface area contributed by atoms with Gasteiger partial charge in [-0.25, -0.2) is 5.43 Å². The molecule has 0 spiro atoms. The van der Waals surface area contributed by atoms with Crippen LogP contribution >= 0.6 is 0 Å². The summed E-state index contributed by atoms with van der Waals surface area (Å²) in [5, 5.41) is 19.5. The highest BCUT2D eigenvalue weighted by Gasteiger charge is 2.27. The molecule has 9 heteroatoms. The van der Waals surface area contributed by atoms with Gasteiger partial charge in [0.2, 0.25) is 0 Å². The Morgan fingerprint density at radius 1 is 1.15 bits per heavy atom. The zero-order valence-corrected chi connectivity index (χ0v) is 19.3. The maximum absolute atomic E-state index is 12.5. The SMILES string of the molecule is C/C(=N\NC(=O)C(C)n1nc(C)c([N+](=O)[O-])c1C)c1ccc(OCc2ccc(C)cc2)cc1. The first-order valence-corrected chi connectivity index (χ1v) is 10.5. The molecule has 0 fully saturated rings. The predicted molar refractivity (Wildman–Crippen MR) is 125 cm³/mol. The zero-order valence-electron chi connectivity index (χ0n) is 19.3. The molecule has 0 aliphatic rings. The molecular weight excluding hydrogens is 422 g/mol. The Kier molecular flexibility index (Phi) is 7.22. The van der Waals surface area contributed by atoms with Crippen molar-refractivity contribution >= 4 is 17.3 Å². The third-order valence-corrected chi connectivity index (χ3v) is 5.35. The lowest BCUT2D eigenvalue weighted by Gasteiger charge is -2.12. The summed E-state index contributed by atoms with van der Waals surface area (Å²) in [5.74, 6) is 0.309. The summed E-state index contributed by atoms with van der Waals surface area (Å²) in [6.07, 6.45) is 0. The minimum absolute atomic E-state index is 0.0842. The number of rotatable bonds is 8. The number of aryl methyl sites for hydroxylation is 2. The summed E-state index contributed by atoms with van der Waals surface area (Å²) in [7, 11) is 0. The fraction of sp³-hybridized carbons (Fsp3) is 0.292. The second kappa shape index (κ2) is 10.1. The van der Waals surface area contributed by atoms with Crippen LogP contribution in [0, 0.1) is 30.9 Å². The van der Waals surface area contributed by atoms with E-state index in [0.29, 0.717) is 18.0 Å². The Labute approximate surface area is 192 Å². The fourth-order valence-corrected chi connectivity index (χ4v) is 3.35. The summed E-state index contributed by atoms with van der Waals surface area (Å²) < 4.78 is 7.16. The molecule has 1 atom stereocenters. The number of ether oxygens (including phenoxy) is 1. The molecule has 0 bridgehead atoms. The van der Waals surface area contributed by atoms with E-state index in [0.717, 1.165) is 16.9 Å². The van der Waals surface area contributed by atoms with Gasteiger partial charge in [-0.15, -0.1) is 0 Å². The smallest absolute Gasteiger partial charge is 0.312 e. The van der Waals surface area contributed by atoms with Crippen LogP contribution in [0.25, 0.3) is 0 Å². The number of hydrazone groups is 1. The highest BCUT2D eigenvalue weighted by molar-refractivity contribution is 5.99. The van der Waals surface area contributed by atoms with E-state index in [1.807, 2.05) is 55.5 Å².